The van der Waals surface area contributed by atoms with E-state index in [0.29, 0.717) is 0 Å². The van der Waals surface area contributed by atoms with Gasteiger partial charge in [-0.05, 0) is 12.8 Å². The van der Waals surface area contributed by atoms with Gasteiger partial charge in [0.15, 0.2) is 0 Å². The second-order valence-corrected chi connectivity index (χ2v) is 6.79. The van der Waals surface area contributed by atoms with Crippen LogP contribution in [0.3, 0.4) is 0 Å². The third kappa shape index (κ3) is 4.51. The maximum atomic E-state index is 5.85. The molecule has 5 heteroatoms. The number of rotatable bonds is 10. The van der Waals surface area contributed by atoms with Gasteiger partial charge in [-0.25, -0.2) is 0 Å². The van der Waals surface area contributed by atoms with E-state index in [1.807, 2.05) is 0 Å². The van der Waals surface area contributed by atoms with E-state index in [2.05, 4.69) is 13.8 Å². The standard InChI is InChI=1S/C11H26O4Si/c1-6-8-10-15-11(9-7-2)16(12-3,13-4)14-5/h11H,6-10H2,1-5H3. The van der Waals surface area contributed by atoms with Gasteiger partial charge in [0, 0.05) is 27.9 Å². The zero-order valence-electron chi connectivity index (χ0n) is 11.2. The highest BCUT2D eigenvalue weighted by atomic mass is 28.4. The summed E-state index contributed by atoms with van der Waals surface area (Å²) in [6.07, 6.45) is 4.12. The smallest absolute Gasteiger partial charge is 0.375 e. The molecule has 0 rings (SSSR count). The molecule has 98 valence electrons. The predicted molar refractivity (Wildman–Crippen MR) is 66.3 cm³/mol. The van der Waals surface area contributed by atoms with Gasteiger partial charge in [-0.2, -0.15) is 0 Å². The Morgan fingerprint density at radius 1 is 0.938 bits per heavy atom. The first kappa shape index (κ1) is 16.1. The average molecular weight is 250 g/mol. The van der Waals surface area contributed by atoms with Crippen LogP contribution in [-0.2, 0) is 18.0 Å². The lowest BCUT2D eigenvalue weighted by atomic mass is 10.3. The van der Waals surface area contributed by atoms with E-state index in [0.717, 1.165) is 32.3 Å². The third-order valence-corrected chi connectivity index (χ3v) is 5.57. The highest BCUT2D eigenvalue weighted by Crippen LogP contribution is 2.19. The van der Waals surface area contributed by atoms with E-state index in [9.17, 15) is 0 Å². The van der Waals surface area contributed by atoms with Crippen molar-refractivity contribution in [1.29, 1.82) is 0 Å². The van der Waals surface area contributed by atoms with Crippen molar-refractivity contribution >= 4 is 8.80 Å². The van der Waals surface area contributed by atoms with E-state index in [-0.39, 0.29) is 5.73 Å². The maximum absolute atomic E-state index is 5.85. The fourth-order valence-electron chi connectivity index (χ4n) is 1.64. The Balaban J connectivity index is 4.44. The van der Waals surface area contributed by atoms with Crippen molar-refractivity contribution in [2.75, 3.05) is 27.9 Å². The van der Waals surface area contributed by atoms with E-state index in [1.54, 1.807) is 21.3 Å². The van der Waals surface area contributed by atoms with Gasteiger partial charge < -0.3 is 18.0 Å². The van der Waals surface area contributed by atoms with Crippen LogP contribution in [0.2, 0.25) is 0 Å². The molecular weight excluding hydrogens is 224 g/mol. The quantitative estimate of drug-likeness (QED) is 0.441. The van der Waals surface area contributed by atoms with Crippen molar-refractivity contribution in [2.24, 2.45) is 0 Å². The fraction of sp³-hybridized carbons (Fsp3) is 1.00. The van der Waals surface area contributed by atoms with Gasteiger partial charge in [-0.3, -0.25) is 0 Å². The zero-order chi connectivity index (χ0) is 12.4. The normalized spacial score (nSPS) is 14.1. The van der Waals surface area contributed by atoms with Crippen molar-refractivity contribution in [3.05, 3.63) is 0 Å². The van der Waals surface area contributed by atoms with Crippen LogP contribution in [0, 0.1) is 0 Å². The van der Waals surface area contributed by atoms with Crippen molar-refractivity contribution in [2.45, 2.75) is 45.3 Å². The van der Waals surface area contributed by atoms with Gasteiger partial charge in [0.2, 0.25) is 0 Å². The Bertz CT molecular complexity index is 154. The highest BCUT2D eigenvalue weighted by molar-refractivity contribution is 6.62. The summed E-state index contributed by atoms with van der Waals surface area (Å²) < 4.78 is 22.2. The minimum absolute atomic E-state index is 0.0518. The molecule has 0 amide bonds. The van der Waals surface area contributed by atoms with Crippen LogP contribution in [-0.4, -0.2) is 42.5 Å². The van der Waals surface area contributed by atoms with Gasteiger partial charge in [-0.1, -0.05) is 26.7 Å². The molecule has 0 saturated heterocycles. The van der Waals surface area contributed by atoms with Gasteiger partial charge in [0.25, 0.3) is 0 Å². The monoisotopic (exact) mass is 250 g/mol. The summed E-state index contributed by atoms with van der Waals surface area (Å²) in [7, 11) is 2.25. The first-order chi connectivity index (χ1) is 7.70. The molecule has 0 aliphatic rings. The van der Waals surface area contributed by atoms with Gasteiger partial charge in [0.1, 0.15) is 5.73 Å². The molecule has 0 N–H and O–H groups in total. The van der Waals surface area contributed by atoms with Crippen LogP contribution in [0.15, 0.2) is 0 Å². The number of ether oxygens (including phenoxy) is 1. The number of hydrogen-bond donors (Lipinski definition) is 0. The van der Waals surface area contributed by atoms with Crippen LogP contribution in [0.25, 0.3) is 0 Å². The lowest BCUT2D eigenvalue weighted by Crippen LogP contribution is -2.55. The molecule has 0 saturated carbocycles. The fourth-order valence-corrected chi connectivity index (χ4v) is 3.89. The first-order valence-corrected chi connectivity index (χ1v) is 7.77. The van der Waals surface area contributed by atoms with Gasteiger partial charge >= 0.3 is 8.80 Å². The molecule has 0 aromatic carbocycles. The van der Waals surface area contributed by atoms with Gasteiger partial charge in [0.05, 0.1) is 0 Å². The molecule has 0 fully saturated rings. The summed E-state index contributed by atoms with van der Waals surface area (Å²) in [5, 5.41) is 0. The van der Waals surface area contributed by atoms with Gasteiger partial charge in [-0.15, -0.1) is 0 Å². The molecule has 0 aliphatic heterocycles. The van der Waals surface area contributed by atoms with Crippen molar-refractivity contribution in [1.82, 2.24) is 0 Å². The highest BCUT2D eigenvalue weighted by Gasteiger charge is 2.47. The molecule has 0 aliphatic carbocycles. The second-order valence-electron chi connectivity index (χ2n) is 3.72. The van der Waals surface area contributed by atoms with Crippen LogP contribution >= 0.6 is 0 Å². The first-order valence-electron chi connectivity index (χ1n) is 5.97. The summed E-state index contributed by atoms with van der Waals surface area (Å²) in [5.41, 5.74) is -0.0518. The molecule has 4 nitrogen and oxygen atoms in total. The molecule has 0 aromatic rings. The minimum atomic E-state index is -2.64. The lowest BCUT2D eigenvalue weighted by Gasteiger charge is -2.32. The van der Waals surface area contributed by atoms with Crippen LogP contribution in [0.4, 0.5) is 0 Å². The second kappa shape index (κ2) is 9.12. The van der Waals surface area contributed by atoms with Crippen molar-refractivity contribution < 1.29 is 18.0 Å². The van der Waals surface area contributed by atoms with Crippen molar-refractivity contribution in [3.8, 4) is 0 Å². The largest absolute Gasteiger partial charge is 0.530 e. The van der Waals surface area contributed by atoms with Crippen molar-refractivity contribution in [3.63, 3.8) is 0 Å². The summed E-state index contributed by atoms with van der Waals surface area (Å²) in [4.78, 5) is 0. The Morgan fingerprint density at radius 2 is 1.50 bits per heavy atom. The molecule has 0 radical (unpaired) electrons. The summed E-state index contributed by atoms with van der Waals surface area (Å²) in [6.45, 7) is 5.01. The summed E-state index contributed by atoms with van der Waals surface area (Å²) in [6, 6.07) is 0. The lowest BCUT2D eigenvalue weighted by molar-refractivity contribution is 0.00826. The predicted octanol–water partition coefficient (Wildman–Crippen LogP) is 2.39. The summed E-state index contributed by atoms with van der Waals surface area (Å²) in [5.74, 6) is 0. The molecule has 0 aromatic heterocycles. The molecule has 0 spiro atoms. The molecule has 1 atom stereocenters. The minimum Gasteiger partial charge on any atom is -0.375 e. The number of unbranched alkanes of at least 4 members (excludes halogenated alkanes) is 1. The van der Waals surface area contributed by atoms with Crippen LogP contribution in [0.5, 0.6) is 0 Å². The maximum Gasteiger partial charge on any atom is 0.530 e. The summed E-state index contributed by atoms with van der Waals surface area (Å²) >= 11 is 0. The zero-order valence-corrected chi connectivity index (χ0v) is 12.2. The van der Waals surface area contributed by atoms with E-state index in [4.69, 9.17) is 18.0 Å². The molecule has 1 unspecified atom stereocenters. The Morgan fingerprint density at radius 3 is 1.88 bits per heavy atom. The van der Waals surface area contributed by atoms with E-state index in [1.165, 1.54) is 0 Å². The SMILES string of the molecule is CCCCOC(CCC)[Si](OC)(OC)OC. The number of hydrogen-bond acceptors (Lipinski definition) is 4. The molecular formula is C11H26O4Si. The topological polar surface area (TPSA) is 36.9 Å². The Labute approximate surface area is 101 Å². The van der Waals surface area contributed by atoms with Crippen LogP contribution < -0.4 is 0 Å². The average Bonchev–Trinajstić information content (AvgIpc) is 2.32. The molecule has 0 heterocycles. The van der Waals surface area contributed by atoms with E-state index >= 15 is 0 Å². The molecule has 16 heavy (non-hydrogen) atoms. The van der Waals surface area contributed by atoms with E-state index < -0.39 is 8.80 Å². The molecule has 0 bridgehead atoms. The van der Waals surface area contributed by atoms with Crippen LogP contribution in [0.1, 0.15) is 39.5 Å². The Kier molecular flexibility index (Phi) is 9.16. The Hall–Kier alpha value is 0.0569. The third-order valence-electron chi connectivity index (χ3n) is 2.62.